The molecular weight excluding hydrogens is 312 g/mol. The number of hydrogen-bond donors (Lipinski definition) is 2. The fourth-order valence-corrected chi connectivity index (χ4v) is 2.99. The molecule has 0 amide bonds. The lowest BCUT2D eigenvalue weighted by atomic mass is 10.00. The molecule has 1 aromatic carbocycles. The van der Waals surface area contributed by atoms with Crippen LogP contribution in [0.5, 0.6) is 0 Å². The number of guanidine groups is 1. The van der Waals surface area contributed by atoms with E-state index in [4.69, 9.17) is 0 Å². The summed E-state index contributed by atoms with van der Waals surface area (Å²) < 4.78 is 24.5. The van der Waals surface area contributed by atoms with Gasteiger partial charge in [0, 0.05) is 33.2 Å². The average molecular weight is 336 g/mol. The first kappa shape index (κ1) is 17.5. The van der Waals surface area contributed by atoms with Crippen LogP contribution in [0.15, 0.2) is 41.4 Å². The Bertz CT molecular complexity index is 669. The maximum atomic E-state index is 11.0. The first-order valence-electron chi connectivity index (χ1n) is 7.64. The molecule has 7 heteroatoms. The SMILES string of the molecule is CN=C(NCCNS(C)(=O)=O)N1CC=C(c2ccccc2)CC1. The van der Waals surface area contributed by atoms with Crippen molar-refractivity contribution in [1.82, 2.24) is 14.9 Å². The van der Waals surface area contributed by atoms with Crippen LogP contribution in [0.25, 0.3) is 5.57 Å². The highest BCUT2D eigenvalue weighted by Crippen LogP contribution is 2.21. The topological polar surface area (TPSA) is 73.8 Å². The van der Waals surface area contributed by atoms with Crippen molar-refractivity contribution in [3.05, 3.63) is 42.0 Å². The molecule has 1 aromatic rings. The van der Waals surface area contributed by atoms with Gasteiger partial charge in [-0.2, -0.15) is 0 Å². The molecule has 0 bridgehead atoms. The summed E-state index contributed by atoms with van der Waals surface area (Å²) in [5.41, 5.74) is 2.63. The Hall–Kier alpha value is -1.86. The number of sulfonamides is 1. The standard InChI is InChI=1S/C16H24N4O2S/c1-17-16(18-10-11-19-23(2,21)22)20-12-8-15(9-13-20)14-6-4-3-5-7-14/h3-8,19H,9-13H2,1-2H3,(H,17,18). The molecule has 0 fully saturated rings. The van der Waals surface area contributed by atoms with Gasteiger partial charge in [-0.05, 0) is 17.6 Å². The molecule has 6 nitrogen and oxygen atoms in total. The first-order chi connectivity index (χ1) is 11.0. The lowest BCUT2D eigenvalue weighted by Gasteiger charge is -2.29. The Balaban J connectivity index is 1.86. The van der Waals surface area contributed by atoms with Crippen LogP contribution in [0.3, 0.4) is 0 Å². The van der Waals surface area contributed by atoms with Crippen LogP contribution in [0.2, 0.25) is 0 Å². The van der Waals surface area contributed by atoms with Crippen LogP contribution in [-0.4, -0.2) is 58.8 Å². The fourth-order valence-electron chi connectivity index (χ4n) is 2.52. The smallest absolute Gasteiger partial charge is 0.208 e. The van der Waals surface area contributed by atoms with Crippen LogP contribution in [-0.2, 0) is 10.0 Å². The van der Waals surface area contributed by atoms with Gasteiger partial charge in [0.15, 0.2) is 5.96 Å². The molecule has 126 valence electrons. The molecule has 0 radical (unpaired) electrons. The van der Waals surface area contributed by atoms with Crippen LogP contribution in [0.4, 0.5) is 0 Å². The summed E-state index contributed by atoms with van der Waals surface area (Å²) in [5.74, 6) is 0.795. The van der Waals surface area contributed by atoms with Crippen LogP contribution in [0, 0.1) is 0 Å². The molecule has 1 aliphatic rings. The summed E-state index contributed by atoms with van der Waals surface area (Å²) in [6.07, 6.45) is 4.34. The van der Waals surface area contributed by atoms with E-state index in [1.54, 1.807) is 7.05 Å². The number of aliphatic imine (C=N–C) groups is 1. The average Bonchev–Trinajstić information content (AvgIpc) is 2.55. The molecular formula is C16H24N4O2S. The third kappa shape index (κ3) is 5.69. The van der Waals surface area contributed by atoms with Gasteiger partial charge in [-0.3, -0.25) is 4.99 Å². The summed E-state index contributed by atoms with van der Waals surface area (Å²) >= 11 is 0. The lowest BCUT2D eigenvalue weighted by Crippen LogP contribution is -2.45. The lowest BCUT2D eigenvalue weighted by molar-refractivity contribution is 0.440. The highest BCUT2D eigenvalue weighted by Gasteiger charge is 2.15. The van der Waals surface area contributed by atoms with E-state index in [0.29, 0.717) is 13.1 Å². The molecule has 0 atom stereocenters. The van der Waals surface area contributed by atoms with Gasteiger partial charge < -0.3 is 10.2 Å². The molecule has 2 N–H and O–H groups in total. The van der Waals surface area contributed by atoms with E-state index in [2.05, 4.69) is 50.3 Å². The zero-order chi connectivity index (χ0) is 16.7. The molecule has 0 saturated heterocycles. The highest BCUT2D eigenvalue weighted by atomic mass is 32.2. The summed E-state index contributed by atoms with van der Waals surface area (Å²) in [7, 11) is -1.41. The summed E-state index contributed by atoms with van der Waals surface area (Å²) in [5, 5.41) is 3.19. The van der Waals surface area contributed by atoms with Gasteiger partial charge in [0.25, 0.3) is 0 Å². The number of nitrogens with zero attached hydrogens (tertiary/aromatic N) is 2. The van der Waals surface area contributed by atoms with Crippen molar-refractivity contribution < 1.29 is 8.42 Å². The maximum Gasteiger partial charge on any atom is 0.208 e. The summed E-state index contributed by atoms with van der Waals surface area (Å²) in [4.78, 5) is 6.43. The normalized spacial score (nSPS) is 16.2. The molecule has 0 unspecified atom stereocenters. The second-order valence-electron chi connectivity index (χ2n) is 5.43. The number of nitrogens with one attached hydrogen (secondary N) is 2. The van der Waals surface area contributed by atoms with Crippen molar-refractivity contribution in [2.75, 3.05) is 39.5 Å². The van der Waals surface area contributed by atoms with E-state index in [0.717, 1.165) is 31.7 Å². The van der Waals surface area contributed by atoms with E-state index >= 15 is 0 Å². The molecule has 0 saturated carbocycles. The van der Waals surface area contributed by atoms with Gasteiger partial charge in [0.1, 0.15) is 0 Å². The maximum absolute atomic E-state index is 11.0. The monoisotopic (exact) mass is 336 g/mol. The largest absolute Gasteiger partial charge is 0.355 e. The number of hydrogen-bond acceptors (Lipinski definition) is 3. The minimum atomic E-state index is -3.14. The van der Waals surface area contributed by atoms with E-state index in [9.17, 15) is 8.42 Å². The van der Waals surface area contributed by atoms with Crippen molar-refractivity contribution in [2.24, 2.45) is 4.99 Å². The van der Waals surface area contributed by atoms with E-state index in [1.807, 2.05) is 6.07 Å². The molecule has 23 heavy (non-hydrogen) atoms. The minimum Gasteiger partial charge on any atom is -0.355 e. The van der Waals surface area contributed by atoms with Crippen LogP contribution in [0.1, 0.15) is 12.0 Å². The van der Waals surface area contributed by atoms with E-state index in [1.165, 1.54) is 11.1 Å². The number of rotatable bonds is 5. The van der Waals surface area contributed by atoms with Gasteiger partial charge in [-0.15, -0.1) is 0 Å². The molecule has 0 aromatic heterocycles. The fraction of sp³-hybridized carbons (Fsp3) is 0.438. The Morgan fingerprint density at radius 1 is 1.26 bits per heavy atom. The van der Waals surface area contributed by atoms with Crippen molar-refractivity contribution in [1.29, 1.82) is 0 Å². The van der Waals surface area contributed by atoms with Gasteiger partial charge in [0.2, 0.25) is 10.0 Å². The van der Waals surface area contributed by atoms with Gasteiger partial charge in [0.05, 0.1) is 6.26 Å². The quantitative estimate of drug-likeness (QED) is 0.476. The zero-order valence-corrected chi connectivity index (χ0v) is 14.4. The molecule has 0 spiro atoms. The van der Waals surface area contributed by atoms with Gasteiger partial charge in [-0.25, -0.2) is 13.1 Å². The van der Waals surface area contributed by atoms with E-state index < -0.39 is 10.0 Å². The summed E-state index contributed by atoms with van der Waals surface area (Å²) in [6.45, 7) is 2.53. The van der Waals surface area contributed by atoms with Gasteiger partial charge >= 0.3 is 0 Å². The van der Waals surface area contributed by atoms with Gasteiger partial charge in [-0.1, -0.05) is 36.4 Å². The highest BCUT2D eigenvalue weighted by molar-refractivity contribution is 7.88. The Morgan fingerprint density at radius 2 is 2.00 bits per heavy atom. The van der Waals surface area contributed by atoms with Crippen molar-refractivity contribution in [3.8, 4) is 0 Å². The first-order valence-corrected chi connectivity index (χ1v) is 9.53. The van der Waals surface area contributed by atoms with Crippen LogP contribution < -0.4 is 10.0 Å². The van der Waals surface area contributed by atoms with Crippen LogP contribution >= 0.6 is 0 Å². The molecule has 1 aliphatic heterocycles. The van der Waals surface area contributed by atoms with Crippen molar-refractivity contribution in [3.63, 3.8) is 0 Å². The van der Waals surface area contributed by atoms with Crippen molar-refractivity contribution >= 4 is 21.6 Å². The Labute approximate surface area is 138 Å². The second-order valence-corrected chi connectivity index (χ2v) is 7.26. The third-order valence-electron chi connectivity index (χ3n) is 3.64. The molecule has 1 heterocycles. The minimum absolute atomic E-state index is 0.344. The summed E-state index contributed by atoms with van der Waals surface area (Å²) in [6, 6.07) is 10.4. The predicted molar refractivity (Wildman–Crippen MR) is 94.8 cm³/mol. The Morgan fingerprint density at radius 3 is 2.57 bits per heavy atom. The Kier molecular flexibility index (Phi) is 6.18. The van der Waals surface area contributed by atoms with Crippen molar-refractivity contribution in [2.45, 2.75) is 6.42 Å². The zero-order valence-electron chi connectivity index (χ0n) is 13.6. The second kappa shape index (κ2) is 8.12. The third-order valence-corrected chi connectivity index (χ3v) is 4.37. The predicted octanol–water partition coefficient (Wildman–Crippen LogP) is 0.900. The molecule has 2 rings (SSSR count). The van der Waals surface area contributed by atoms with E-state index in [-0.39, 0.29) is 0 Å². The molecule has 0 aliphatic carbocycles. The number of benzene rings is 1.